The van der Waals surface area contributed by atoms with Gasteiger partial charge in [0, 0.05) is 18.5 Å². The van der Waals surface area contributed by atoms with Gasteiger partial charge in [0.2, 0.25) is 0 Å². The average Bonchev–Trinajstić information content (AvgIpc) is 3.35. The molecule has 152 valence electrons. The molecule has 0 radical (unpaired) electrons. The van der Waals surface area contributed by atoms with E-state index in [2.05, 4.69) is 24.8 Å². The number of nitrogens with zero attached hydrogens (tertiary/aromatic N) is 4. The topological polar surface area (TPSA) is 96.1 Å². The van der Waals surface area contributed by atoms with Crippen LogP contribution in [0.3, 0.4) is 0 Å². The lowest BCUT2D eigenvalue weighted by molar-refractivity contribution is 0.106. The first-order valence-electron chi connectivity index (χ1n) is 10.1. The third kappa shape index (κ3) is 3.42. The Morgan fingerprint density at radius 3 is 2.69 bits per heavy atom. The van der Waals surface area contributed by atoms with Gasteiger partial charge in [-0.05, 0) is 54.7 Å². The summed E-state index contributed by atoms with van der Waals surface area (Å²) in [5, 5.41) is 23.2. The van der Waals surface area contributed by atoms with Crippen LogP contribution in [0, 0.1) is 17.8 Å². The molecule has 2 fully saturated rings. The summed E-state index contributed by atoms with van der Waals surface area (Å²) in [7, 11) is 0. The summed E-state index contributed by atoms with van der Waals surface area (Å²) >= 11 is 6.48. The zero-order valence-corrected chi connectivity index (χ0v) is 16.7. The summed E-state index contributed by atoms with van der Waals surface area (Å²) in [4.78, 5) is 13.4. The Kier molecular flexibility index (Phi) is 4.80. The van der Waals surface area contributed by atoms with Crippen LogP contribution in [0.1, 0.15) is 18.4 Å². The Labute approximate surface area is 173 Å². The van der Waals surface area contributed by atoms with Crippen LogP contribution in [0.2, 0.25) is 0 Å². The number of benzene rings is 1. The number of imidazole rings is 1. The van der Waals surface area contributed by atoms with Gasteiger partial charge >= 0.3 is 0 Å². The smallest absolute Gasteiger partial charge is 0.165 e. The van der Waals surface area contributed by atoms with E-state index in [4.69, 9.17) is 11.6 Å². The number of phenols is 1. The molecule has 1 aromatic carbocycles. The maximum Gasteiger partial charge on any atom is 0.165 e. The summed E-state index contributed by atoms with van der Waals surface area (Å²) < 4.78 is 2.07. The number of hydrogen-bond acceptors (Lipinski definition) is 6. The van der Waals surface area contributed by atoms with Crippen LogP contribution in [0.5, 0.6) is 5.75 Å². The predicted octanol–water partition coefficient (Wildman–Crippen LogP) is 2.81. The van der Waals surface area contributed by atoms with Crippen molar-refractivity contribution < 1.29 is 10.2 Å². The number of rotatable bonds is 6. The van der Waals surface area contributed by atoms with Gasteiger partial charge in [0.1, 0.15) is 17.6 Å². The van der Waals surface area contributed by atoms with Crippen molar-refractivity contribution >= 4 is 28.6 Å². The second-order valence-corrected chi connectivity index (χ2v) is 8.74. The Bertz CT molecular complexity index is 992. The van der Waals surface area contributed by atoms with E-state index in [0.29, 0.717) is 18.4 Å². The van der Waals surface area contributed by atoms with Crippen LogP contribution >= 0.6 is 11.6 Å². The molecule has 3 aromatic rings. The van der Waals surface area contributed by atoms with Gasteiger partial charge in [0.15, 0.2) is 11.5 Å². The number of aliphatic hydroxyl groups is 1. The van der Waals surface area contributed by atoms with Gasteiger partial charge in [-0.25, -0.2) is 15.0 Å². The highest BCUT2D eigenvalue weighted by Gasteiger charge is 2.52. The minimum Gasteiger partial charge on any atom is -0.508 e. The molecular weight excluding hydrogens is 390 g/mol. The lowest BCUT2D eigenvalue weighted by atomic mass is 9.97. The molecule has 0 amide bonds. The number of aromatic hydroxyl groups is 1. The second-order valence-electron chi connectivity index (χ2n) is 8.18. The normalized spacial score (nSPS) is 28.3. The number of phenolic OH excluding ortho intramolecular Hbond substituents is 1. The van der Waals surface area contributed by atoms with E-state index < -0.39 is 0 Å². The van der Waals surface area contributed by atoms with Crippen molar-refractivity contribution in [2.24, 2.45) is 17.8 Å². The van der Waals surface area contributed by atoms with Crippen LogP contribution < -0.4 is 5.32 Å². The quantitative estimate of drug-likeness (QED) is 0.538. The van der Waals surface area contributed by atoms with E-state index in [1.54, 1.807) is 18.5 Å². The molecule has 29 heavy (non-hydrogen) atoms. The summed E-state index contributed by atoms with van der Waals surface area (Å²) in [6.45, 7) is 1.48. The van der Waals surface area contributed by atoms with E-state index in [0.717, 1.165) is 48.4 Å². The zero-order chi connectivity index (χ0) is 20.0. The first-order valence-corrected chi connectivity index (χ1v) is 10.5. The van der Waals surface area contributed by atoms with Gasteiger partial charge in [0.25, 0.3) is 0 Å². The highest BCUT2D eigenvalue weighted by molar-refractivity contribution is 6.21. The molecule has 5 atom stereocenters. The Balaban J connectivity index is 1.30. The summed E-state index contributed by atoms with van der Waals surface area (Å²) in [6.07, 6.45) is 5.65. The van der Waals surface area contributed by atoms with E-state index in [1.165, 1.54) is 0 Å². The number of fused-ring (bicyclic) bond motifs is 3. The van der Waals surface area contributed by atoms with Crippen LogP contribution in [-0.2, 0) is 13.0 Å². The minimum atomic E-state index is -0.235. The molecule has 2 aliphatic rings. The molecule has 2 aromatic heterocycles. The fourth-order valence-corrected chi connectivity index (χ4v) is 5.54. The number of halogens is 1. The van der Waals surface area contributed by atoms with Gasteiger partial charge in [-0.1, -0.05) is 12.1 Å². The van der Waals surface area contributed by atoms with Gasteiger partial charge < -0.3 is 20.1 Å². The summed E-state index contributed by atoms with van der Waals surface area (Å²) in [5.41, 5.74) is 2.70. The monoisotopic (exact) mass is 413 g/mol. The lowest BCUT2D eigenvalue weighted by Crippen LogP contribution is -2.21. The molecule has 0 saturated heterocycles. The summed E-state index contributed by atoms with van der Waals surface area (Å²) in [6, 6.07) is 7.21. The molecule has 8 heteroatoms. The fraction of sp³-hybridized carbons (Fsp3) is 0.476. The highest BCUT2D eigenvalue weighted by Crippen LogP contribution is 2.52. The molecule has 3 N–H and O–H groups in total. The average molecular weight is 414 g/mol. The van der Waals surface area contributed by atoms with Crippen molar-refractivity contribution in [3.05, 3.63) is 42.5 Å². The third-order valence-corrected chi connectivity index (χ3v) is 7.02. The zero-order valence-electron chi connectivity index (χ0n) is 15.9. The van der Waals surface area contributed by atoms with E-state index in [-0.39, 0.29) is 23.1 Å². The van der Waals surface area contributed by atoms with Crippen LogP contribution in [0.25, 0.3) is 11.2 Å². The van der Waals surface area contributed by atoms with Crippen molar-refractivity contribution in [1.29, 1.82) is 0 Å². The molecule has 0 spiro atoms. The van der Waals surface area contributed by atoms with Crippen LogP contribution in [0.4, 0.5) is 5.82 Å². The number of aromatic nitrogens is 4. The SMILES string of the molecule is Oc1ccc(CCNc2ncnc3c2ncn3C[C@H]2[C@@H]3CC(O)[C@H]2C[C@@H]3Cl)cc1. The highest BCUT2D eigenvalue weighted by atomic mass is 35.5. The van der Waals surface area contributed by atoms with Crippen molar-refractivity contribution in [3.8, 4) is 5.75 Å². The Morgan fingerprint density at radius 1 is 1.10 bits per heavy atom. The second kappa shape index (κ2) is 7.46. The van der Waals surface area contributed by atoms with Crippen molar-refractivity contribution in [2.75, 3.05) is 11.9 Å². The van der Waals surface area contributed by atoms with Gasteiger partial charge in [-0.3, -0.25) is 0 Å². The molecule has 2 aliphatic carbocycles. The van der Waals surface area contributed by atoms with Crippen molar-refractivity contribution in [1.82, 2.24) is 19.5 Å². The maximum atomic E-state index is 10.3. The Morgan fingerprint density at radius 2 is 1.93 bits per heavy atom. The number of anilines is 1. The third-order valence-electron chi connectivity index (χ3n) is 6.52. The van der Waals surface area contributed by atoms with E-state index in [9.17, 15) is 10.2 Å². The minimum absolute atomic E-state index is 0.162. The van der Waals surface area contributed by atoms with Crippen molar-refractivity contribution in [3.63, 3.8) is 0 Å². The van der Waals surface area contributed by atoms with Crippen molar-refractivity contribution in [2.45, 2.75) is 37.3 Å². The molecule has 5 rings (SSSR count). The lowest BCUT2D eigenvalue weighted by Gasteiger charge is -2.19. The maximum absolute atomic E-state index is 10.3. The van der Waals surface area contributed by atoms with E-state index >= 15 is 0 Å². The van der Waals surface area contributed by atoms with Crippen LogP contribution in [-0.4, -0.2) is 47.8 Å². The molecule has 2 bridgehead atoms. The predicted molar refractivity (Wildman–Crippen MR) is 111 cm³/mol. The largest absolute Gasteiger partial charge is 0.508 e. The van der Waals surface area contributed by atoms with Gasteiger partial charge in [0.05, 0.1) is 12.4 Å². The molecule has 2 saturated carbocycles. The molecule has 7 nitrogen and oxygen atoms in total. The van der Waals surface area contributed by atoms with E-state index in [1.807, 2.05) is 18.5 Å². The van der Waals surface area contributed by atoms with Crippen LogP contribution in [0.15, 0.2) is 36.9 Å². The molecule has 1 unspecified atom stereocenters. The first kappa shape index (κ1) is 18.6. The first-order chi connectivity index (χ1) is 14.1. The fourth-order valence-electron chi connectivity index (χ4n) is 5.04. The number of nitrogens with one attached hydrogen (secondary N) is 1. The number of aliphatic hydroxyl groups excluding tert-OH is 1. The number of alkyl halides is 1. The number of hydrogen-bond donors (Lipinski definition) is 3. The van der Waals surface area contributed by atoms with Gasteiger partial charge in [-0.15, -0.1) is 11.6 Å². The Hall–Kier alpha value is -2.38. The standard InChI is InChI=1S/C21H24ClN5O2/c22-17-7-15-16(14(17)8-18(15)29)9-27-11-26-19-20(24-10-25-21(19)27)23-6-5-12-1-3-13(28)4-2-12/h1-4,10-11,14-18,28-29H,5-9H2,(H,23,24,25)/t14-,15-,16-,17-,18?/m0/s1. The molecule has 0 aliphatic heterocycles. The molecular formula is C21H24ClN5O2. The summed E-state index contributed by atoms with van der Waals surface area (Å²) in [5.74, 6) is 1.99. The molecule has 2 heterocycles. The van der Waals surface area contributed by atoms with Gasteiger partial charge in [-0.2, -0.15) is 0 Å².